The highest BCUT2D eigenvalue weighted by atomic mass is 15.4. The number of hydrogen-bond donors (Lipinski definition) is 0. The fraction of sp³-hybridized carbons (Fsp3) is 0.158. The molecule has 1 unspecified atom stereocenters. The van der Waals surface area contributed by atoms with Gasteiger partial charge in [0.15, 0.2) is 0 Å². The molecule has 1 atom stereocenters. The molecule has 0 N–H and O–H groups in total. The first-order valence-corrected chi connectivity index (χ1v) is 14.6. The summed E-state index contributed by atoms with van der Waals surface area (Å²) < 4.78 is 50.9. The number of fused-ring (bicyclic) bond motifs is 6. The lowest BCUT2D eigenvalue weighted by Gasteiger charge is -2.39. The van der Waals surface area contributed by atoms with Crippen LogP contribution in [0.1, 0.15) is 31.8 Å². The van der Waals surface area contributed by atoms with Crippen LogP contribution >= 0.6 is 0 Å². The summed E-state index contributed by atoms with van der Waals surface area (Å²) in [5, 5.41) is 2.36. The van der Waals surface area contributed by atoms with Crippen LogP contribution in [-0.2, 0) is 5.41 Å². The highest BCUT2D eigenvalue weighted by Gasteiger charge is 2.41. The number of rotatable bonds is 3. The SMILES string of the molecule is [2H]C([2H])([2H])N1C=CN(c2cccc(C3(C)c4cc(N5CN(C([2H])([2H])[2H])c6ccccc65)ccc4-n4c5ccccc5c5cccc3c54)c2)C1. The molecule has 43 heavy (non-hydrogen) atoms. The van der Waals surface area contributed by atoms with Crippen molar-refractivity contribution in [2.75, 3.05) is 42.0 Å². The number of anilines is 4. The van der Waals surface area contributed by atoms with Crippen LogP contribution in [0.2, 0.25) is 0 Å². The van der Waals surface area contributed by atoms with Gasteiger partial charge in [-0.15, -0.1) is 0 Å². The monoisotopic (exact) mass is 565 g/mol. The predicted molar refractivity (Wildman–Crippen MR) is 179 cm³/mol. The normalized spacial score (nSPS) is 21.3. The number of benzene rings is 5. The molecule has 4 heterocycles. The van der Waals surface area contributed by atoms with Gasteiger partial charge in [0.1, 0.15) is 0 Å². The summed E-state index contributed by atoms with van der Waals surface area (Å²) in [6.07, 6.45) is 3.44. The number of nitrogens with zero attached hydrogens (tertiary/aromatic N) is 5. The Morgan fingerprint density at radius 1 is 0.651 bits per heavy atom. The first-order chi connectivity index (χ1) is 23.4. The summed E-state index contributed by atoms with van der Waals surface area (Å²) >= 11 is 0. The maximum absolute atomic E-state index is 8.27. The van der Waals surface area contributed by atoms with Crippen LogP contribution < -0.4 is 14.7 Å². The van der Waals surface area contributed by atoms with Gasteiger partial charge in [-0.2, -0.15) is 0 Å². The molecule has 3 aliphatic heterocycles. The van der Waals surface area contributed by atoms with Crippen molar-refractivity contribution in [3.05, 3.63) is 138 Å². The fourth-order valence-corrected chi connectivity index (χ4v) is 7.43. The van der Waals surface area contributed by atoms with Crippen molar-refractivity contribution in [2.45, 2.75) is 12.3 Å². The Morgan fingerprint density at radius 3 is 2.37 bits per heavy atom. The third-order valence-electron chi connectivity index (χ3n) is 9.54. The van der Waals surface area contributed by atoms with E-state index >= 15 is 0 Å². The quantitative estimate of drug-likeness (QED) is 0.215. The molecular weight excluding hydrogens is 526 g/mol. The van der Waals surface area contributed by atoms with Crippen molar-refractivity contribution in [1.82, 2.24) is 9.47 Å². The lowest BCUT2D eigenvalue weighted by Crippen LogP contribution is -2.32. The molecule has 9 rings (SSSR count). The van der Waals surface area contributed by atoms with Crippen molar-refractivity contribution in [2.24, 2.45) is 0 Å². The van der Waals surface area contributed by atoms with E-state index in [4.69, 9.17) is 8.22 Å². The molecule has 0 aliphatic carbocycles. The first-order valence-electron chi connectivity index (χ1n) is 17.6. The van der Waals surface area contributed by atoms with Crippen LogP contribution in [0.25, 0.3) is 27.5 Å². The predicted octanol–water partition coefficient (Wildman–Crippen LogP) is 8.18. The second kappa shape index (κ2) is 8.68. The molecule has 1 aromatic heterocycles. The Balaban J connectivity index is 1.27. The Bertz CT molecular complexity index is 2340. The number of para-hydroxylation sites is 4. The molecule has 5 aromatic carbocycles. The van der Waals surface area contributed by atoms with E-state index in [0.717, 1.165) is 50.5 Å². The molecule has 6 aromatic rings. The van der Waals surface area contributed by atoms with Crippen LogP contribution in [-0.4, -0.2) is 36.8 Å². The average molecular weight is 566 g/mol. The van der Waals surface area contributed by atoms with Gasteiger partial charge < -0.3 is 24.2 Å². The molecule has 5 nitrogen and oxygen atoms in total. The molecule has 0 saturated heterocycles. The Labute approximate surface area is 260 Å². The third kappa shape index (κ3) is 3.28. The summed E-state index contributed by atoms with van der Waals surface area (Å²) in [5.74, 6) is 0. The van der Waals surface area contributed by atoms with E-state index in [-0.39, 0.29) is 13.3 Å². The van der Waals surface area contributed by atoms with Crippen molar-refractivity contribution in [1.29, 1.82) is 0 Å². The lowest BCUT2D eigenvalue weighted by molar-refractivity contribution is 0.495. The van der Waals surface area contributed by atoms with Crippen LogP contribution in [0.5, 0.6) is 0 Å². The largest absolute Gasteiger partial charge is 0.361 e. The highest BCUT2D eigenvalue weighted by Crippen LogP contribution is 2.52. The van der Waals surface area contributed by atoms with E-state index in [1.54, 1.807) is 6.20 Å². The third-order valence-corrected chi connectivity index (χ3v) is 9.54. The zero-order valence-electron chi connectivity index (χ0n) is 29.7. The van der Waals surface area contributed by atoms with Crippen molar-refractivity contribution < 1.29 is 8.22 Å². The molecule has 0 saturated carbocycles. The molecule has 0 amide bonds. The van der Waals surface area contributed by atoms with Gasteiger partial charge in [0.2, 0.25) is 0 Å². The maximum Gasteiger partial charge on any atom is 0.0950 e. The first kappa shape index (κ1) is 19.1. The van der Waals surface area contributed by atoms with E-state index < -0.39 is 19.4 Å². The Kier molecular flexibility index (Phi) is 3.86. The Morgan fingerprint density at radius 2 is 1.49 bits per heavy atom. The molecule has 0 fully saturated rings. The van der Waals surface area contributed by atoms with Crippen molar-refractivity contribution >= 4 is 44.6 Å². The summed E-state index contributed by atoms with van der Waals surface area (Å²) in [5.41, 5.74) is 9.40. The van der Waals surface area contributed by atoms with E-state index in [1.807, 2.05) is 47.5 Å². The number of aromatic nitrogens is 1. The minimum Gasteiger partial charge on any atom is -0.361 e. The second-order valence-corrected chi connectivity index (χ2v) is 11.8. The van der Waals surface area contributed by atoms with Gasteiger partial charge in [-0.3, -0.25) is 0 Å². The zero-order valence-corrected chi connectivity index (χ0v) is 23.7. The van der Waals surface area contributed by atoms with Gasteiger partial charge >= 0.3 is 0 Å². The van der Waals surface area contributed by atoms with E-state index in [1.165, 1.54) is 20.6 Å². The van der Waals surface area contributed by atoms with Gasteiger partial charge in [0, 0.05) is 62.1 Å². The summed E-state index contributed by atoms with van der Waals surface area (Å²) in [6, 6.07) is 37.6. The molecule has 0 bridgehead atoms. The number of hydrogen-bond acceptors (Lipinski definition) is 4. The highest BCUT2D eigenvalue weighted by molar-refractivity contribution is 6.12. The molecule has 5 heteroatoms. The van der Waals surface area contributed by atoms with Crippen LogP contribution in [0.3, 0.4) is 0 Å². The fourth-order valence-electron chi connectivity index (χ4n) is 7.43. The maximum atomic E-state index is 8.27. The summed E-state index contributed by atoms with van der Waals surface area (Å²) in [6.45, 7) is -1.81. The smallest absolute Gasteiger partial charge is 0.0950 e. The van der Waals surface area contributed by atoms with E-state index in [0.29, 0.717) is 5.69 Å². The Hall–Kier alpha value is -5.16. The average Bonchev–Trinajstić information content (AvgIpc) is 3.83. The zero-order chi connectivity index (χ0) is 33.9. The topological polar surface area (TPSA) is 17.9 Å². The van der Waals surface area contributed by atoms with Gasteiger partial charge in [-0.05, 0) is 72.1 Å². The molecule has 0 radical (unpaired) electrons. The van der Waals surface area contributed by atoms with Gasteiger partial charge in [-0.25, -0.2) is 0 Å². The van der Waals surface area contributed by atoms with Crippen molar-refractivity contribution in [3.63, 3.8) is 0 Å². The van der Waals surface area contributed by atoms with Gasteiger partial charge in [0.05, 0.1) is 41.4 Å². The van der Waals surface area contributed by atoms with Gasteiger partial charge in [0.25, 0.3) is 0 Å². The van der Waals surface area contributed by atoms with Crippen molar-refractivity contribution in [3.8, 4) is 5.69 Å². The van der Waals surface area contributed by atoms with Crippen LogP contribution in [0.15, 0.2) is 122 Å². The molecule has 210 valence electrons. The van der Waals surface area contributed by atoms with Crippen LogP contribution in [0.4, 0.5) is 22.7 Å². The summed E-state index contributed by atoms with van der Waals surface area (Å²) in [7, 11) is 0. The minimum atomic E-state index is -2.29. The van der Waals surface area contributed by atoms with Gasteiger partial charge in [-0.1, -0.05) is 60.7 Å². The molecule has 3 aliphatic rings. The standard InChI is InChI=1S/C38H33N5/c1-38(26-10-8-11-27(22-26)41-21-20-39(2)24-41)31-14-9-13-30-29-12-4-5-15-33(29)43(37(30)31)34-19-18-28(23-32(34)38)42-25-40(3)35-16-6-7-17-36(35)42/h4-23H,24-25H2,1-3H3/i2D3,3D3. The lowest BCUT2D eigenvalue weighted by atomic mass is 9.68. The minimum absolute atomic E-state index is 0.204. The molecule has 0 spiro atoms. The summed E-state index contributed by atoms with van der Waals surface area (Å²) in [4.78, 5) is 6.89. The van der Waals surface area contributed by atoms with E-state index in [2.05, 4.69) is 89.2 Å². The molecular formula is C38H33N5. The van der Waals surface area contributed by atoms with E-state index in [9.17, 15) is 0 Å². The van der Waals surface area contributed by atoms with Crippen LogP contribution in [0, 0.1) is 0 Å². The second-order valence-electron chi connectivity index (χ2n) is 11.8.